The zero-order chi connectivity index (χ0) is 21.0. The normalized spacial score (nSPS) is 10.5. The average molecular weight is 399 g/mol. The quantitative estimate of drug-likeness (QED) is 0.649. The summed E-state index contributed by atoms with van der Waals surface area (Å²) in [4.78, 5) is 25.5. The summed E-state index contributed by atoms with van der Waals surface area (Å²) < 4.78 is 22.1. The van der Waals surface area contributed by atoms with Gasteiger partial charge in [-0.15, -0.1) is 0 Å². The lowest BCUT2D eigenvalue weighted by molar-refractivity contribution is -0.117. The van der Waals surface area contributed by atoms with E-state index in [1.54, 1.807) is 30.3 Å². The van der Waals surface area contributed by atoms with Gasteiger partial charge in [0.15, 0.2) is 11.5 Å². The van der Waals surface area contributed by atoms with Crippen molar-refractivity contribution in [2.75, 3.05) is 33.8 Å². The Morgan fingerprint density at radius 2 is 1.72 bits per heavy atom. The lowest BCUT2D eigenvalue weighted by Crippen LogP contribution is -2.29. The molecule has 9 nitrogen and oxygen atoms in total. The summed E-state index contributed by atoms with van der Waals surface area (Å²) in [6.07, 6.45) is 1.50. The predicted molar refractivity (Wildman–Crippen MR) is 107 cm³/mol. The first-order valence-corrected chi connectivity index (χ1v) is 8.65. The molecule has 1 heterocycles. The molecule has 3 rings (SSSR count). The van der Waals surface area contributed by atoms with E-state index in [9.17, 15) is 9.59 Å². The summed E-state index contributed by atoms with van der Waals surface area (Å²) in [5.41, 5.74) is -0.0454. The third-order valence-electron chi connectivity index (χ3n) is 4.34. The molecule has 0 saturated carbocycles. The van der Waals surface area contributed by atoms with Crippen LogP contribution in [-0.4, -0.2) is 44.1 Å². The molecule has 29 heavy (non-hydrogen) atoms. The number of rotatable bonds is 7. The Hall–Kier alpha value is -3.75. The van der Waals surface area contributed by atoms with Crippen LogP contribution in [0.15, 0.2) is 41.3 Å². The number of fused-ring (bicyclic) bond motifs is 1. The van der Waals surface area contributed by atoms with Gasteiger partial charge in [0.25, 0.3) is 5.56 Å². The van der Waals surface area contributed by atoms with Gasteiger partial charge < -0.3 is 24.3 Å². The van der Waals surface area contributed by atoms with Crippen molar-refractivity contribution in [2.24, 2.45) is 0 Å². The minimum atomic E-state index is -0.467. The van der Waals surface area contributed by atoms with Crippen LogP contribution >= 0.6 is 0 Å². The fraction of sp³-hybridized carbons (Fsp3) is 0.250. The molecule has 0 atom stereocenters. The average Bonchev–Trinajstić information content (AvgIpc) is 2.74. The molecule has 9 heteroatoms. The summed E-state index contributed by atoms with van der Waals surface area (Å²) in [5, 5.41) is 7.67. The first kappa shape index (κ1) is 20.0. The third kappa shape index (κ3) is 3.93. The topological polar surface area (TPSA) is 101 Å². The zero-order valence-electron chi connectivity index (χ0n) is 16.5. The number of carbonyl (C=O) groups excluding carboxylic acids is 1. The molecule has 0 fully saturated rings. The summed E-state index contributed by atoms with van der Waals surface area (Å²) in [6, 6.07) is 8.40. The van der Waals surface area contributed by atoms with Gasteiger partial charge in [-0.05, 0) is 24.3 Å². The van der Waals surface area contributed by atoms with Gasteiger partial charge in [0, 0.05) is 11.5 Å². The van der Waals surface area contributed by atoms with E-state index in [1.165, 1.54) is 34.6 Å². The monoisotopic (exact) mass is 399 g/mol. The van der Waals surface area contributed by atoms with Crippen molar-refractivity contribution >= 4 is 22.4 Å². The minimum Gasteiger partial charge on any atom is -0.497 e. The summed E-state index contributed by atoms with van der Waals surface area (Å²) >= 11 is 0. The van der Waals surface area contributed by atoms with Gasteiger partial charge in [-0.2, -0.15) is 5.10 Å². The molecule has 0 aliphatic heterocycles. The van der Waals surface area contributed by atoms with Crippen molar-refractivity contribution in [3.05, 3.63) is 46.9 Å². The Bertz CT molecular complexity index is 1110. The number of anilines is 1. The number of methoxy groups -OCH3 is 4. The highest BCUT2D eigenvalue weighted by Crippen LogP contribution is 2.33. The highest BCUT2D eigenvalue weighted by molar-refractivity contribution is 5.93. The van der Waals surface area contributed by atoms with Crippen LogP contribution in [0.2, 0.25) is 0 Å². The Labute approximate surface area is 166 Å². The van der Waals surface area contributed by atoms with Gasteiger partial charge in [-0.1, -0.05) is 0 Å². The molecule has 1 N–H and O–H groups in total. The van der Waals surface area contributed by atoms with E-state index < -0.39 is 11.5 Å². The molecular formula is C20H21N3O6. The summed E-state index contributed by atoms with van der Waals surface area (Å²) in [7, 11) is 5.95. The third-order valence-corrected chi connectivity index (χ3v) is 4.34. The maximum atomic E-state index is 12.9. The van der Waals surface area contributed by atoms with E-state index in [0.717, 1.165) is 4.68 Å². The molecule has 0 bridgehead atoms. The van der Waals surface area contributed by atoms with Crippen molar-refractivity contribution in [1.82, 2.24) is 9.78 Å². The van der Waals surface area contributed by atoms with Crippen molar-refractivity contribution in [2.45, 2.75) is 6.54 Å². The van der Waals surface area contributed by atoms with Crippen LogP contribution in [0.5, 0.6) is 23.0 Å². The summed E-state index contributed by atoms with van der Waals surface area (Å²) in [6.45, 7) is -0.296. The molecule has 1 aromatic heterocycles. The van der Waals surface area contributed by atoms with E-state index in [4.69, 9.17) is 18.9 Å². The Kier molecular flexibility index (Phi) is 5.87. The SMILES string of the molecule is COc1ccc(OC)c(NC(=O)Cn2ncc3ccc(OC)c(OC)c3c2=O)c1. The predicted octanol–water partition coefficient (Wildman–Crippen LogP) is 2.07. The van der Waals surface area contributed by atoms with Gasteiger partial charge in [0.1, 0.15) is 18.0 Å². The number of nitrogens with one attached hydrogen (secondary N) is 1. The Balaban J connectivity index is 1.93. The number of carbonyl (C=O) groups is 1. The van der Waals surface area contributed by atoms with E-state index >= 15 is 0 Å². The molecule has 0 unspecified atom stereocenters. The van der Waals surface area contributed by atoms with Gasteiger partial charge in [0.2, 0.25) is 5.91 Å². The second-order valence-electron chi connectivity index (χ2n) is 5.99. The number of amides is 1. The molecule has 0 saturated heterocycles. The van der Waals surface area contributed by atoms with Crippen molar-refractivity contribution in [3.8, 4) is 23.0 Å². The molecule has 2 aromatic carbocycles. The van der Waals surface area contributed by atoms with Crippen LogP contribution < -0.4 is 29.8 Å². The Morgan fingerprint density at radius 3 is 2.38 bits per heavy atom. The van der Waals surface area contributed by atoms with Crippen molar-refractivity contribution < 1.29 is 23.7 Å². The molecule has 0 radical (unpaired) electrons. The maximum absolute atomic E-state index is 12.9. The molecule has 0 aliphatic rings. The van der Waals surface area contributed by atoms with Crippen LogP contribution in [0, 0.1) is 0 Å². The molecule has 0 spiro atoms. The second-order valence-corrected chi connectivity index (χ2v) is 5.99. The number of nitrogens with zero attached hydrogens (tertiary/aromatic N) is 2. The van der Waals surface area contributed by atoms with Crippen molar-refractivity contribution in [3.63, 3.8) is 0 Å². The molecular weight excluding hydrogens is 378 g/mol. The fourth-order valence-corrected chi connectivity index (χ4v) is 2.93. The molecule has 3 aromatic rings. The highest BCUT2D eigenvalue weighted by atomic mass is 16.5. The number of benzene rings is 2. The van der Waals surface area contributed by atoms with E-state index in [2.05, 4.69) is 10.4 Å². The number of hydrogen-bond donors (Lipinski definition) is 1. The van der Waals surface area contributed by atoms with Crippen LogP contribution in [-0.2, 0) is 11.3 Å². The van der Waals surface area contributed by atoms with E-state index in [1.807, 2.05) is 0 Å². The lowest BCUT2D eigenvalue weighted by Gasteiger charge is -2.13. The minimum absolute atomic E-state index is 0.286. The number of hydrogen-bond acceptors (Lipinski definition) is 7. The van der Waals surface area contributed by atoms with Crippen molar-refractivity contribution in [1.29, 1.82) is 0 Å². The van der Waals surface area contributed by atoms with Crippen LogP contribution in [0.4, 0.5) is 5.69 Å². The van der Waals surface area contributed by atoms with Crippen LogP contribution in [0.1, 0.15) is 0 Å². The highest BCUT2D eigenvalue weighted by Gasteiger charge is 2.17. The standard InChI is InChI=1S/C20H21N3O6/c1-26-13-6-8-15(27-2)14(9-13)22-17(24)11-23-20(25)18-12(10-21-23)5-7-16(28-3)19(18)29-4/h5-10H,11H2,1-4H3,(H,22,24). The number of aromatic nitrogens is 2. The van der Waals surface area contributed by atoms with Gasteiger partial charge >= 0.3 is 0 Å². The van der Waals surface area contributed by atoms with Gasteiger partial charge in [-0.3, -0.25) is 9.59 Å². The first-order valence-electron chi connectivity index (χ1n) is 8.65. The maximum Gasteiger partial charge on any atom is 0.279 e. The smallest absolute Gasteiger partial charge is 0.279 e. The van der Waals surface area contributed by atoms with Gasteiger partial charge in [-0.25, -0.2) is 4.68 Å². The van der Waals surface area contributed by atoms with E-state index in [-0.39, 0.29) is 11.9 Å². The van der Waals surface area contributed by atoms with E-state index in [0.29, 0.717) is 34.1 Å². The second kappa shape index (κ2) is 8.51. The molecule has 152 valence electrons. The summed E-state index contributed by atoms with van der Waals surface area (Å²) in [5.74, 6) is 1.28. The largest absolute Gasteiger partial charge is 0.497 e. The van der Waals surface area contributed by atoms with Crippen LogP contribution in [0.25, 0.3) is 10.8 Å². The fourth-order valence-electron chi connectivity index (χ4n) is 2.93. The zero-order valence-corrected chi connectivity index (χ0v) is 16.5. The van der Waals surface area contributed by atoms with Crippen LogP contribution in [0.3, 0.4) is 0 Å². The van der Waals surface area contributed by atoms with Gasteiger partial charge in [0.05, 0.1) is 45.7 Å². The molecule has 1 amide bonds. The molecule has 0 aliphatic carbocycles. The lowest BCUT2D eigenvalue weighted by atomic mass is 10.1. The first-order chi connectivity index (χ1) is 14.0. The number of ether oxygens (including phenoxy) is 4. The Morgan fingerprint density at radius 1 is 1.00 bits per heavy atom.